The zero-order valence-corrected chi connectivity index (χ0v) is 27.4. The SMILES string of the molecule is Cc1ccc(S(=O)(=O)OC[C@@]2(F)C[C@@H](C(=O)OCc3ccccc3)N(C(=O)CNC(=O)c3ccc4c(c3)Oc3ccccc3S4)C2)cc1. The van der Waals surface area contributed by atoms with Crippen LogP contribution in [0.5, 0.6) is 11.5 Å². The Labute approximate surface area is 281 Å². The topological polar surface area (TPSA) is 128 Å². The number of halogens is 1. The highest BCUT2D eigenvalue weighted by Crippen LogP contribution is 2.47. The van der Waals surface area contributed by atoms with Crippen LogP contribution < -0.4 is 10.1 Å². The van der Waals surface area contributed by atoms with Crippen LogP contribution in [-0.2, 0) is 35.2 Å². The molecule has 1 saturated heterocycles. The van der Waals surface area contributed by atoms with E-state index in [1.165, 1.54) is 23.9 Å². The first kappa shape index (κ1) is 33.2. The molecule has 48 heavy (non-hydrogen) atoms. The standard InChI is InChI=1S/C35H31FN2O8S2/c1-23-11-14-26(15-12-23)48(42,43)45-22-35(36)18-27(34(41)44-20-24-7-3-2-4-8-24)38(21-35)32(39)19-37-33(40)25-13-16-31-29(17-25)46-28-9-5-6-10-30(28)47-31/h2-17,27H,18-22H2,1H3,(H,37,40)/t27-,35+/m0/s1. The fourth-order valence-electron chi connectivity index (χ4n) is 5.32. The zero-order valence-electron chi connectivity index (χ0n) is 25.8. The van der Waals surface area contributed by atoms with E-state index in [1.807, 2.05) is 24.3 Å². The minimum absolute atomic E-state index is 0.115. The summed E-state index contributed by atoms with van der Waals surface area (Å²) < 4.78 is 58.2. The fourth-order valence-corrected chi connectivity index (χ4v) is 7.23. The molecule has 0 spiro atoms. The molecule has 4 aromatic rings. The number of para-hydroxylation sites is 1. The number of fused-ring (bicyclic) bond motifs is 2. The van der Waals surface area contributed by atoms with Crippen LogP contribution in [-0.4, -0.2) is 62.5 Å². The maximum absolute atomic E-state index is 16.2. The summed E-state index contributed by atoms with van der Waals surface area (Å²) in [5, 5.41) is 2.53. The van der Waals surface area contributed by atoms with Gasteiger partial charge in [-0.1, -0.05) is 71.9 Å². The maximum Gasteiger partial charge on any atom is 0.329 e. The third kappa shape index (κ3) is 7.53. The van der Waals surface area contributed by atoms with Crippen LogP contribution in [0.1, 0.15) is 27.9 Å². The van der Waals surface area contributed by atoms with Crippen LogP contribution in [0.2, 0.25) is 0 Å². The van der Waals surface area contributed by atoms with E-state index in [1.54, 1.807) is 67.6 Å². The molecule has 10 nitrogen and oxygen atoms in total. The fraction of sp³-hybridized carbons (Fsp3) is 0.229. The van der Waals surface area contributed by atoms with Crippen LogP contribution >= 0.6 is 11.8 Å². The number of alkyl halides is 1. The van der Waals surface area contributed by atoms with Crippen molar-refractivity contribution < 1.29 is 40.8 Å². The van der Waals surface area contributed by atoms with Gasteiger partial charge in [-0.15, -0.1) is 0 Å². The summed E-state index contributed by atoms with van der Waals surface area (Å²) in [5.41, 5.74) is -0.660. The molecule has 2 heterocycles. The van der Waals surface area contributed by atoms with Gasteiger partial charge < -0.3 is 19.7 Å². The number of nitrogens with one attached hydrogen (secondary N) is 1. The second kappa shape index (κ2) is 13.8. The van der Waals surface area contributed by atoms with Crippen molar-refractivity contribution in [3.63, 3.8) is 0 Å². The van der Waals surface area contributed by atoms with Gasteiger partial charge in [-0.05, 0) is 55.0 Å². The summed E-state index contributed by atoms with van der Waals surface area (Å²) in [6.07, 6.45) is -0.564. The highest BCUT2D eigenvalue weighted by atomic mass is 32.2. The van der Waals surface area contributed by atoms with Crippen molar-refractivity contribution in [2.24, 2.45) is 0 Å². The van der Waals surface area contributed by atoms with E-state index < -0.39 is 65.7 Å². The maximum atomic E-state index is 16.2. The van der Waals surface area contributed by atoms with Gasteiger partial charge in [0.2, 0.25) is 5.91 Å². The Hall–Kier alpha value is -4.72. The molecule has 2 atom stereocenters. The van der Waals surface area contributed by atoms with Gasteiger partial charge in [0.25, 0.3) is 16.0 Å². The van der Waals surface area contributed by atoms with E-state index in [0.29, 0.717) is 17.1 Å². The molecular formula is C35H31FN2O8S2. The van der Waals surface area contributed by atoms with E-state index in [9.17, 15) is 22.8 Å². The number of rotatable bonds is 10. The van der Waals surface area contributed by atoms with E-state index in [2.05, 4.69) is 5.32 Å². The van der Waals surface area contributed by atoms with Gasteiger partial charge >= 0.3 is 5.97 Å². The lowest BCUT2D eigenvalue weighted by Gasteiger charge is -2.24. The Kier molecular flexibility index (Phi) is 9.54. The van der Waals surface area contributed by atoms with Crippen LogP contribution in [0.15, 0.2) is 112 Å². The molecular weight excluding hydrogens is 660 g/mol. The molecule has 248 valence electrons. The number of carbonyl (C=O) groups excluding carboxylic acids is 3. The Bertz CT molecular complexity index is 1960. The number of carbonyl (C=O) groups is 3. The van der Waals surface area contributed by atoms with Crippen molar-refractivity contribution in [2.45, 2.75) is 46.3 Å². The summed E-state index contributed by atoms with van der Waals surface area (Å²) >= 11 is 1.50. The van der Waals surface area contributed by atoms with E-state index in [4.69, 9.17) is 13.7 Å². The second-order valence-corrected chi connectivity index (χ2v) is 14.2. The van der Waals surface area contributed by atoms with Crippen LogP contribution in [0.3, 0.4) is 0 Å². The van der Waals surface area contributed by atoms with Crippen molar-refractivity contribution in [1.82, 2.24) is 10.2 Å². The first-order valence-electron chi connectivity index (χ1n) is 15.0. The first-order chi connectivity index (χ1) is 23.0. The zero-order chi connectivity index (χ0) is 33.9. The second-order valence-electron chi connectivity index (χ2n) is 11.5. The van der Waals surface area contributed by atoms with Crippen molar-refractivity contribution >= 4 is 39.7 Å². The van der Waals surface area contributed by atoms with Gasteiger partial charge in [0.15, 0.2) is 5.67 Å². The summed E-state index contributed by atoms with van der Waals surface area (Å²) in [6, 6.07) is 25.7. The molecule has 1 fully saturated rings. The van der Waals surface area contributed by atoms with Gasteiger partial charge in [-0.2, -0.15) is 8.42 Å². The third-order valence-corrected chi connectivity index (χ3v) is 10.3. The summed E-state index contributed by atoms with van der Waals surface area (Å²) in [4.78, 5) is 42.3. The number of ether oxygens (including phenoxy) is 2. The lowest BCUT2D eigenvalue weighted by molar-refractivity contribution is -0.154. The number of hydrogen-bond donors (Lipinski definition) is 1. The van der Waals surface area contributed by atoms with Crippen molar-refractivity contribution in [3.8, 4) is 11.5 Å². The number of nitrogens with zero attached hydrogens (tertiary/aromatic N) is 1. The van der Waals surface area contributed by atoms with Gasteiger partial charge in [-0.3, -0.25) is 13.8 Å². The van der Waals surface area contributed by atoms with Gasteiger partial charge in [0.1, 0.15) is 30.8 Å². The molecule has 2 aliphatic rings. The van der Waals surface area contributed by atoms with E-state index in [-0.39, 0.29) is 17.1 Å². The van der Waals surface area contributed by atoms with Crippen LogP contribution in [0, 0.1) is 6.92 Å². The molecule has 4 aromatic carbocycles. The normalized spacial score (nSPS) is 18.3. The Morgan fingerprint density at radius 3 is 2.44 bits per heavy atom. The molecule has 2 aliphatic heterocycles. The Morgan fingerprint density at radius 2 is 1.67 bits per heavy atom. The van der Waals surface area contributed by atoms with Crippen molar-refractivity contribution in [1.29, 1.82) is 0 Å². The molecule has 0 unspecified atom stereocenters. The molecule has 13 heteroatoms. The molecule has 2 amide bonds. The van der Waals surface area contributed by atoms with Gasteiger partial charge in [0, 0.05) is 12.0 Å². The van der Waals surface area contributed by atoms with Crippen LogP contribution in [0.25, 0.3) is 0 Å². The predicted octanol–water partition coefficient (Wildman–Crippen LogP) is 5.44. The number of likely N-dealkylation sites (tertiary alicyclic amines) is 1. The number of aryl methyl sites for hydroxylation is 1. The summed E-state index contributed by atoms with van der Waals surface area (Å²) in [6.45, 7) is -0.472. The number of hydrogen-bond acceptors (Lipinski definition) is 9. The van der Waals surface area contributed by atoms with Crippen LogP contribution in [0.4, 0.5) is 4.39 Å². The van der Waals surface area contributed by atoms with E-state index >= 15 is 4.39 Å². The Balaban J connectivity index is 1.13. The molecule has 0 bridgehead atoms. The first-order valence-corrected chi connectivity index (χ1v) is 17.2. The lowest BCUT2D eigenvalue weighted by Crippen LogP contribution is -2.46. The monoisotopic (exact) mass is 690 g/mol. The summed E-state index contributed by atoms with van der Waals surface area (Å²) in [7, 11) is -4.33. The number of amides is 2. The minimum Gasteiger partial charge on any atom is -0.459 e. The smallest absolute Gasteiger partial charge is 0.329 e. The molecule has 0 aliphatic carbocycles. The molecule has 0 radical (unpaired) electrons. The van der Waals surface area contributed by atoms with Gasteiger partial charge in [0.05, 0.1) is 27.8 Å². The number of benzene rings is 4. The highest BCUT2D eigenvalue weighted by Gasteiger charge is 2.51. The van der Waals surface area contributed by atoms with Gasteiger partial charge in [-0.25, -0.2) is 9.18 Å². The average Bonchev–Trinajstić information content (AvgIpc) is 3.46. The third-order valence-electron chi connectivity index (χ3n) is 7.88. The highest BCUT2D eigenvalue weighted by molar-refractivity contribution is 7.99. The van der Waals surface area contributed by atoms with Crippen molar-refractivity contribution in [3.05, 3.63) is 114 Å². The molecule has 1 N–H and O–H groups in total. The lowest BCUT2D eigenvalue weighted by atomic mass is 10.0. The quantitative estimate of drug-likeness (QED) is 0.151. The molecule has 0 saturated carbocycles. The average molecular weight is 691 g/mol. The summed E-state index contributed by atoms with van der Waals surface area (Å²) in [5.74, 6) is -1.07. The Morgan fingerprint density at radius 1 is 0.958 bits per heavy atom. The molecule has 6 rings (SSSR count). The van der Waals surface area contributed by atoms with Crippen molar-refractivity contribution in [2.75, 3.05) is 19.7 Å². The van der Waals surface area contributed by atoms with E-state index in [0.717, 1.165) is 20.3 Å². The minimum atomic E-state index is -4.33. The number of esters is 1. The predicted molar refractivity (Wildman–Crippen MR) is 174 cm³/mol. The largest absolute Gasteiger partial charge is 0.459 e. The molecule has 0 aromatic heterocycles.